The number of carbonyl (C=O) groups is 1. The summed E-state index contributed by atoms with van der Waals surface area (Å²) in [5.41, 5.74) is 1.95. The number of carbonyl (C=O) groups excluding carboxylic acids is 1. The van der Waals surface area contributed by atoms with Gasteiger partial charge in [-0.3, -0.25) is 9.59 Å². The van der Waals surface area contributed by atoms with Gasteiger partial charge in [0, 0.05) is 22.0 Å². The van der Waals surface area contributed by atoms with E-state index in [1.807, 2.05) is 12.1 Å². The molecule has 0 atom stereocenters. The molecule has 140 valence electrons. The highest BCUT2D eigenvalue weighted by atomic mass is 32.2. The molecule has 0 aliphatic carbocycles. The molecule has 0 spiro atoms. The maximum Gasteiger partial charge on any atom is 0.248 e. The van der Waals surface area contributed by atoms with Crippen molar-refractivity contribution >= 4 is 34.3 Å². The number of thioether (sulfide) groups is 1. The van der Waals surface area contributed by atoms with Crippen molar-refractivity contribution in [3.8, 4) is 0 Å². The second-order valence-corrected chi connectivity index (χ2v) is 8.40. The Labute approximate surface area is 161 Å². The smallest absolute Gasteiger partial charge is 0.248 e. The van der Waals surface area contributed by atoms with E-state index in [4.69, 9.17) is 0 Å². The highest BCUT2D eigenvalue weighted by molar-refractivity contribution is 8.00. The van der Waals surface area contributed by atoms with Gasteiger partial charge in [0.05, 0.1) is 11.3 Å². The first-order chi connectivity index (χ1) is 12.7. The summed E-state index contributed by atoms with van der Waals surface area (Å²) in [7, 11) is 0. The lowest BCUT2D eigenvalue weighted by atomic mass is 9.85. The maximum absolute atomic E-state index is 12.9. The van der Waals surface area contributed by atoms with Crippen molar-refractivity contribution in [1.29, 1.82) is 0 Å². The molecule has 6 heteroatoms. The van der Waals surface area contributed by atoms with Gasteiger partial charge < -0.3 is 10.3 Å². The van der Waals surface area contributed by atoms with Crippen LogP contribution in [0.5, 0.6) is 0 Å². The molecule has 2 N–H and O–H groups in total. The van der Waals surface area contributed by atoms with Crippen LogP contribution in [-0.2, 0) is 10.2 Å². The molecular weight excluding hydrogens is 363 g/mol. The molecule has 0 aliphatic heterocycles. The SMILES string of the molecule is CC(C)(C)c1cc(=O)[nH]c2cc(NC(=O)CSc3ccc(F)cc3)ccc12. The number of H-pyrrole nitrogens is 1. The second kappa shape index (κ2) is 7.56. The number of hydrogen-bond donors (Lipinski definition) is 2. The zero-order valence-corrected chi connectivity index (χ0v) is 16.2. The molecule has 0 bridgehead atoms. The van der Waals surface area contributed by atoms with E-state index in [2.05, 4.69) is 31.1 Å². The standard InChI is InChI=1S/C21H21FN2O2S/c1-21(2,3)17-11-19(25)24-18-10-14(6-9-16(17)18)23-20(26)12-27-15-7-4-13(22)5-8-15/h4-11H,12H2,1-3H3,(H,23,26)(H,24,25). The molecule has 2 aromatic carbocycles. The molecule has 0 radical (unpaired) electrons. The number of fused-ring (bicyclic) bond motifs is 1. The lowest BCUT2D eigenvalue weighted by Crippen LogP contribution is -2.18. The van der Waals surface area contributed by atoms with Gasteiger partial charge in [-0.2, -0.15) is 0 Å². The minimum atomic E-state index is -0.302. The van der Waals surface area contributed by atoms with Crippen LogP contribution in [0.15, 0.2) is 58.2 Å². The van der Waals surface area contributed by atoms with Crippen molar-refractivity contribution in [2.24, 2.45) is 0 Å². The minimum Gasteiger partial charge on any atom is -0.325 e. The Hall–Kier alpha value is -2.60. The first kappa shape index (κ1) is 19.2. The normalized spacial score (nSPS) is 11.6. The third-order valence-electron chi connectivity index (χ3n) is 4.12. The highest BCUT2D eigenvalue weighted by Crippen LogP contribution is 2.29. The Morgan fingerprint density at radius 1 is 1.11 bits per heavy atom. The van der Waals surface area contributed by atoms with E-state index in [1.165, 1.54) is 23.9 Å². The Kier molecular flexibility index (Phi) is 5.37. The van der Waals surface area contributed by atoms with E-state index in [9.17, 15) is 14.0 Å². The van der Waals surface area contributed by atoms with Crippen molar-refractivity contribution in [3.05, 3.63) is 70.3 Å². The molecule has 0 fully saturated rings. The first-order valence-corrected chi connectivity index (χ1v) is 9.57. The minimum absolute atomic E-state index is 0.164. The number of aromatic amines is 1. The van der Waals surface area contributed by atoms with E-state index >= 15 is 0 Å². The molecule has 1 aromatic heterocycles. The van der Waals surface area contributed by atoms with Crippen molar-refractivity contribution in [2.45, 2.75) is 31.1 Å². The number of amides is 1. The van der Waals surface area contributed by atoms with E-state index in [1.54, 1.807) is 24.3 Å². The zero-order chi connectivity index (χ0) is 19.6. The molecule has 0 saturated heterocycles. The molecule has 0 saturated carbocycles. The first-order valence-electron chi connectivity index (χ1n) is 8.58. The number of hydrogen-bond acceptors (Lipinski definition) is 3. The summed E-state index contributed by atoms with van der Waals surface area (Å²) in [6, 6.07) is 13.2. The van der Waals surface area contributed by atoms with Crippen molar-refractivity contribution in [1.82, 2.24) is 4.98 Å². The lowest BCUT2D eigenvalue weighted by molar-refractivity contribution is -0.113. The molecule has 27 heavy (non-hydrogen) atoms. The quantitative estimate of drug-likeness (QED) is 0.641. The van der Waals surface area contributed by atoms with Crippen LogP contribution in [0.1, 0.15) is 26.3 Å². The molecule has 0 unspecified atom stereocenters. The summed E-state index contributed by atoms with van der Waals surface area (Å²) in [5, 5.41) is 3.80. The van der Waals surface area contributed by atoms with Crippen LogP contribution in [0.4, 0.5) is 10.1 Å². The predicted molar refractivity (Wildman–Crippen MR) is 109 cm³/mol. The average Bonchev–Trinajstić information content (AvgIpc) is 2.59. The van der Waals surface area contributed by atoms with Crippen molar-refractivity contribution in [3.63, 3.8) is 0 Å². The van der Waals surface area contributed by atoms with Crippen molar-refractivity contribution < 1.29 is 9.18 Å². The van der Waals surface area contributed by atoms with Crippen LogP contribution in [-0.4, -0.2) is 16.6 Å². The zero-order valence-electron chi connectivity index (χ0n) is 15.4. The highest BCUT2D eigenvalue weighted by Gasteiger charge is 2.18. The van der Waals surface area contributed by atoms with Crippen LogP contribution < -0.4 is 10.9 Å². The molecule has 1 amide bonds. The largest absolute Gasteiger partial charge is 0.325 e. The average molecular weight is 384 g/mol. The fourth-order valence-corrected chi connectivity index (χ4v) is 3.53. The number of rotatable bonds is 4. The van der Waals surface area contributed by atoms with Crippen molar-refractivity contribution in [2.75, 3.05) is 11.1 Å². The number of halogens is 1. The third kappa shape index (κ3) is 4.77. The summed E-state index contributed by atoms with van der Waals surface area (Å²) in [6.45, 7) is 6.18. The summed E-state index contributed by atoms with van der Waals surface area (Å²) in [4.78, 5) is 27.9. The van der Waals surface area contributed by atoms with Gasteiger partial charge in [-0.15, -0.1) is 11.8 Å². The van der Waals surface area contributed by atoms with Gasteiger partial charge in [0.1, 0.15) is 5.82 Å². The summed E-state index contributed by atoms with van der Waals surface area (Å²) in [6.07, 6.45) is 0. The number of benzene rings is 2. The predicted octanol–water partition coefficient (Wildman–Crippen LogP) is 4.70. The summed E-state index contributed by atoms with van der Waals surface area (Å²) >= 11 is 1.33. The van der Waals surface area contributed by atoms with Gasteiger partial charge in [-0.25, -0.2) is 4.39 Å². The van der Waals surface area contributed by atoms with Gasteiger partial charge in [0.25, 0.3) is 0 Å². The van der Waals surface area contributed by atoms with Gasteiger partial charge >= 0.3 is 0 Å². The lowest BCUT2D eigenvalue weighted by Gasteiger charge is -2.21. The Bertz CT molecular complexity index is 1040. The van der Waals surface area contributed by atoms with Crippen LogP contribution in [0.2, 0.25) is 0 Å². The Morgan fingerprint density at radius 3 is 2.48 bits per heavy atom. The van der Waals surface area contributed by atoms with Gasteiger partial charge in [0.15, 0.2) is 0 Å². The molecule has 3 aromatic rings. The topological polar surface area (TPSA) is 62.0 Å². The van der Waals surface area contributed by atoms with E-state index < -0.39 is 0 Å². The van der Waals surface area contributed by atoms with Crippen LogP contribution in [0.3, 0.4) is 0 Å². The summed E-state index contributed by atoms with van der Waals surface area (Å²) < 4.78 is 12.9. The Morgan fingerprint density at radius 2 is 1.81 bits per heavy atom. The van der Waals surface area contributed by atoms with Crippen LogP contribution >= 0.6 is 11.8 Å². The molecular formula is C21H21FN2O2S. The summed E-state index contributed by atoms with van der Waals surface area (Å²) in [5.74, 6) is -0.260. The van der Waals surface area contributed by atoms with Gasteiger partial charge in [-0.05, 0) is 47.4 Å². The number of anilines is 1. The van der Waals surface area contributed by atoms with Crippen LogP contribution in [0, 0.1) is 5.82 Å². The molecule has 3 rings (SSSR count). The molecule has 4 nitrogen and oxygen atoms in total. The maximum atomic E-state index is 12.9. The third-order valence-corrected chi connectivity index (χ3v) is 5.13. The molecule has 1 heterocycles. The van der Waals surface area contributed by atoms with E-state index in [-0.39, 0.29) is 28.5 Å². The fraction of sp³-hybridized carbons (Fsp3) is 0.238. The monoisotopic (exact) mass is 384 g/mol. The fourth-order valence-electron chi connectivity index (χ4n) is 2.84. The Balaban J connectivity index is 1.76. The van der Waals surface area contributed by atoms with E-state index in [0.29, 0.717) is 11.2 Å². The molecule has 0 aliphatic rings. The van der Waals surface area contributed by atoms with E-state index in [0.717, 1.165) is 15.8 Å². The van der Waals surface area contributed by atoms with Crippen LogP contribution in [0.25, 0.3) is 10.9 Å². The number of nitrogens with one attached hydrogen (secondary N) is 2. The number of aromatic nitrogens is 1. The van der Waals surface area contributed by atoms with Gasteiger partial charge in [0.2, 0.25) is 11.5 Å². The number of pyridine rings is 1. The second-order valence-electron chi connectivity index (χ2n) is 7.35. The van der Waals surface area contributed by atoms with Gasteiger partial charge in [-0.1, -0.05) is 26.8 Å².